The molecule has 1 aromatic heterocycles. The maximum Gasteiger partial charge on any atom is 0.413 e. The number of pyridine rings is 1. The van der Waals surface area contributed by atoms with Crippen molar-refractivity contribution in [3.63, 3.8) is 0 Å². The summed E-state index contributed by atoms with van der Waals surface area (Å²) in [6.45, 7) is 4.74. The lowest BCUT2D eigenvalue weighted by molar-refractivity contribution is 0.0705. The molecule has 0 aromatic carbocycles. The van der Waals surface area contributed by atoms with Gasteiger partial charge >= 0.3 is 6.09 Å². The molecular weight excluding hydrogens is 257 g/mol. The molecular formula is C11H14FN3O4. The molecule has 0 aliphatic carbocycles. The van der Waals surface area contributed by atoms with Gasteiger partial charge in [0.15, 0.2) is 11.6 Å². The Bertz CT molecular complexity index is 513. The number of hydrogen-bond acceptors (Lipinski definition) is 4. The van der Waals surface area contributed by atoms with Crippen LogP contribution < -0.4 is 10.4 Å². The molecule has 0 aliphatic rings. The number of hydrogen-bond donors (Lipinski definition) is 3. The maximum atomic E-state index is 13.9. The zero-order valence-corrected chi connectivity index (χ0v) is 10.6. The van der Waals surface area contributed by atoms with Crippen molar-refractivity contribution in [1.29, 1.82) is 0 Å². The third-order valence-electron chi connectivity index (χ3n) is 2.26. The number of rotatable bonds is 2. The molecule has 1 heterocycles. The van der Waals surface area contributed by atoms with Crippen molar-refractivity contribution >= 4 is 17.8 Å². The van der Waals surface area contributed by atoms with Gasteiger partial charge in [-0.1, -0.05) is 0 Å². The second-order valence-corrected chi connectivity index (χ2v) is 4.76. The van der Waals surface area contributed by atoms with Crippen LogP contribution in [0.5, 0.6) is 0 Å². The largest absolute Gasteiger partial charge is 0.465 e. The van der Waals surface area contributed by atoms with Crippen LogP contribution in [0.25, 0.3) is 0 Å². The Hall–Kier alpha value is -2.22. The standard InChI is InChI=1S/C11H14FN3O4/c1-11(2,3)15(10(17)18)8-7(12)4-6(5-13-8)9(16)14-19/h4-5,19H,1-3H3,(H,14,16)(H,17,18). The Labute approximate surface area is 108 Å². The Morgan fingerprint density at radius 2 is 2.00 bits per heavy atom. The topological polar surface area (TPSA) is 103 Å². The lowest BCUT2D eigenvalue weighted by atomic mass is 10.1. The summed E-state index contributed by atoms with van der Waals surface area (Å²) in [5, 5.41) is 17.5. The summed E-state index contributed by atoms with van der Waals surface area (Å²) in [6, 6.07) is 0.801. The minimum atomic E-state index is -1.36. The first-order valence-electron chi connectivity index (χ1n) is 5.31. The summed E-state index contributed by atoms with van der Waals surface area (Å²) < 4.78 is 13.9. The first kappa shape index (κ1) is 14.8. The van der Waals surface area contributed by atoms with Crippen LogP contribution in [0.15, 0.2) is 12.3 Å². The van der Waals surface area contributed by atoms with Crippen molar-refractivity contribution in [2.75, 3.05) is 4.90 Å². The number of nitrogens with one attached hydrogen (secondary N) is 1. The molecule has 7 nitrogen and oxygen atoms in total. The molecule has 0 fully saturated rings. The van der Waals surface area contributed by atoms with E-state index in [1.807, 2.05) is 0 Å². The van der Waals surface area contributed by atoms with Crippen LogP contribution in [0, 0.1) is 5.82 Å². The van der Waals surface area contributed by atoms with Crippen LogP contribution in [0.4, 0.5) is 15.0 Å². The van der Waals surface area contributed by atoms with Crippen molar-refractivity contribution in [1.82, 2.24) is 10.5 Å². The molecule has 0 aliphatic heterocycles. The summed E-state index contributed by atoms with van der Waals surface area (Å²) in [4.78, 5) is 26.6. The number of carbonyl (C=O) groups is 2. The minimum absolute atomic E-state index is 0.219. The molecule has 0 saturated heterocycles. The van der Waals surface area contributed by atoms with E-state index in [9.17, 15) is 14.0 Å². The molecule has 1 rings (SSSR count). The fraction of sp³-hybridized carbons (Fsp3) is 0.364. The molecule has 19 heavy (non-hydrogen) atoms. The van der Waals surface area contributed by atoms with Crippen LogP contribution in [0.3, 0.4) is 0 Å². The summed E-state index contributed by atoms with van der Waals surface area (Å²) in [6.07, 6.45) is -0.385. The van der Waals surface area contributed by atoms with E-state index in [1.54, 1.807) is 20.8 Å². The maximum absolute atomic E-state index is 13.9. The number of aromatic nitrogens is 1. The molecule has 2 amide bonds. The van der Waals surface area contributed by atoms with Crippen LogP contribution in [-0.4, -0.2) is 32.8 Å². The number of anilines is 1. The summed E-state index contributed by atoms with van der Waals surface area (Å²) in [7, 11) is 0. The van der Waals surface area contributed by atoms with Gasteiger partial charge in [0.1, 0.15) is 0 Å². The highest BCUT2D eigenvalue weighted by molar-refractivity contribution is 5.94. The number of amides is 2. The average Bonchev–Trinajstić information content (AvgIpc) is 2.28. The highest BCUT2D eigenvalue weighted by Gasteiger charge is 2.31. The van der Waals surface area contributed by atoms with Crippen molar-refractivity contribution in [3.05, 3.63) is 23.6 Å². The Kier molecular flexibility index (Phi) is 4.05. The normalized spacial score (nSPS) is 11.0. The summed E-state index contributed by atoms with van der Waals surface area (Å²) in [5.74, 6) is -2.32. The third kappa shape index (κ3) is 3.16. The van der Waals surface area contributed by atoms with Gasteiger partial charge in [0.2, 0.25) is 0 Å². The van der Waals surface area contributed by atoms with Gasteiger partial charge in [-0.25, -0.2) is 19.6 Å². The molecule has 0 spiro atoms. The van der Waals surface area contributed by atoms with E-state index in [2.05, 4.69) is 4.98 Å². The number of hydroxylamine groups is 1. The summed E-state index contributed by atoms with van der Waals surface area (Å²) >= 11 is 0. The zero-order valence-electron chi connectivity index (χ0n) is 10.6. The van der Waals surface area contributed by atoms with Gasteiger partial charge in [-0.15, -0.1) is 0 Å². The lowest BCUT2D eigenvalue weighted by Gasteiger charge is -2.32. The van der Waals surface area contributed by atoms with Gasteiger partial charge < -0.3 is 5.11 Å². The Morgan fingerprint density at radius 1 is 1.42 bits per heavy atom. The number of carboxylic acid groups (broad SMARTS) is 1. The second-order valence-electron chi connectivity index (χ2n) is 4.76. The lowest BCUT2D eigenvalue weighted by Crippen LogP contribution is -2.46. The SMILES string of the molecule is CC(C)(C)N(C(=O)O)c1ncc(C(=O)NO)cc1F. The third-order valence-corrected chi connectivity index (χ3v) is 2.26. The molecule has 104 valence electrons. The molecule has 0 unspecified atom stereocenters. The van der Waals surface area contributed by atoms with Crippen molar-refractivity contribution in [2.45, 2.75) is 26.3 Å². The van der Waals surface area contributed by atoms with E-state index < -0.39 is 29.2 Å². The van der Waals surface area contributed by atoms with Gasteiger partial charge in [0.05, 0.1) is 5.56 Å². The monoisotopic (exact) mass is 271 g/mol. The molecule has 1 aromatic rings. The van der Waals surface area contributed by atoms with E-state index in [1.165, 1.54) is 5.48 Å². The number of nitrogens with zero attached hydrogens (tertiary/aromatic N) is 2. The van der Waals surface area contributed by atoms with Crippen LogP contribution >= 0.6 is 0 Å². The average molecular weight is 271 g/mol. The van der Waals surface area contributed by atoms with Crippen LogP contribution in [-0.2, 0) is 0 Å². The first-order chi connectivity index (χ1) is 8.68. The quantitative estimate of drug-likeness (QED) is 0.560. The van der Waals surface area contributed by atoms with E-state index in [-0.39, 0.29) is 5.56 Å². The number of carbonyl (C=O) groups excluding carboxylic acids is 1. The predicted molar refractivity (Wildman–Crippen MR) is 63.7 cm³/mol. The van der Waals surface area contributed by atoms with Gasteiger partial charge in [0.25, 0.3) is 5.91 Å². The smallest absolute Gasteiger partial charge is 0.413 e. The minimum Gasteiger partial charge on any atom is -0.465 e. The highest BCUT2D eigenvalue weighted by atomic mass is 19.1. The Balaban J connectivity index is 3.28. The fourth-order valence-corrected chi connectivity index (χ4v) is 1.48. The molecule has 8 heteroatoms. The van der Waals surface area contributed by atoms with Crippen molar-refractivity contribution in [3.8, 4) is 0 Å². The fourth-order valence-electron chi connectivity index (χ4n) is 1.48. The molecule has 0 atom stereocenters. The molecule has 0 saturated carbocycles. The van der Waals surface area contributed by atoms with E-state index >= 15 is 0 Å². The van der Waals surface area contributed by atoms with Gasteiger partial charge in [-0.3, -0.25) is 14.9 Å². The van der Waals surface area contributed by atoms with Gasteiger partial charge in [-0.2, -0.15) is 0 Å². The Morgan fingerprint density at radius 3 is 2.37 bits per heavy atom. The highest BCUT2D eigenvalue weighted by Crippen LogP contribution is 2.25. The predicted octanol–water partition coefficient (Wildman–Crippen LogP) is 1.62. The van der Waals surface area contributed by atoms with Crippen LogP contribution in [0.2, 0.25) is 0 Å². The van der Waals surface area contributed by atoms with Crippen molar-refractivity contribution in [2.24, 2.45) is 0 Å². The van der Waals surface area contributed by atoms with Crippen molar-refractivity contribution < 1.29 is 24.3 Å². The first-order valence-corrected chi connectivity index (χ1v) is 5.31. The van der Waals surface area contributed by atoms with Gasteiger partial charge in [-0.05, 0) is 26.8 Å². The number of halogens is 1. The zero-order chi connectivity index (χ0) is 14.8. The molecule has 0 radical (unpaired) electrons. The van der Waals surface area contributed by atoms with E-state index in [4.69, 9.17) is 10.3 Å². The van der Waals surface area contributed by atoms with Gasteiger partial charge in [0, 0.05) is 11.7 Å². The van der Waals surface area contributed by atoms with Crippen LogP contribution in [0.1, 0.15) is 31.1 Å². The second kappa shape index (κ2) is 5.19. The van der Waals surface area contributed by atoms with E-state index in [0.717, 1.165) is 17.2 Å². The summed E-state index contributed by atoms with van der Waals surface area (Å²) in [5.41, 5.74) is 0.213. The van der Waals surface area contributed by atoms with E-state index in [0.29, 0.717) is 0 Å². The molecule has 3 N–H and O–H groups in total. The molecule has 0 bridgehead atoms.